The van der Waals surface area contributed by atoms with Crippen LogP contribution in [0.1, 0.15) is 25.0 Å². The molecule has 4 N–H and O–H groups in total. The zero-order valence-corrected chi connectivity index (χ0v) is 14.1. The van der Waals surface area contributed by atoms with Crippen molar-refractivity contribution < 1.29 is 20.4 Å². The summed E-state index contributed by atoms with van der Waals surface area (Å²) < 4.78 is 0. The minimum atomic E-state index is -0.105. The summed E-state index contributed by atoms with van der Waals surface area (Å²) in [6.07, 6.45) is 1.54. The monoisotopic (exact) mass is 331 g/mol. The van der Waals surface area contributed by atoms with Gasteiger partial charge in [-0.15, -0.1) is 0 Å². The van der Waals surface area contributed by atoms with E-state index >= 15 is 0 Å². The van der Waals surface area contributed by atoms with Crippen LogP contribution in [0.2, 0.25) is 0 Å². The lowest BCUT2D eigenvalue weighted by Gasteiger charge is -2.26. The highest BCUT2D eigenvalue weighted by molar-refractivity contribution is 5.41. The third-order valence-electron chi connectivity index (χ3n) is 4.19. The van der Waals surface area contributed by atoms with Crippen molar-refractivity contribution in [1.82, 2.24) is 4.90 Å². The molecule has 24 heavy (non-hydrogen) atoms. The molecule has 0 aliphatic carbocycles. The summed E-state index contributed by atoms with van der Waals surface area (Å²) in [6.45, 7) is 5.91. The number of rotatable bonds is 7. The van der Waals surface area contributed by atoms with Crippen LogP contribution in [0.15, 0.2) is 36.4 Å². The molecule has 5 nitrogen and oxygen atoms in total. The van der Waals surface area contributed by atoms with Crippen LogP contribution in [0, 0.1) is 0 Å². The maximum absolute atomic E-state index is 9.57. The van der Waals surface area contributed by atoms with Crippen LogP contribution < -0.4 is 0 Å². The molecule has 2 rings (SSSR count). The lowest BCUT2D eigenvalue weighted by Crippen LogP contribution is -2.34. The highest BCUT2D eigenvalue weighted by atomic mass is 16.3. The number of phenolic OH excluding ortho intramolecular Hbond substituents is 4. The maximum atomic E-state index is 9.57. The third kappa shape index (κ3) is 4.80. The van der Waals surface area contributed by atoms with E-state index in [1.165, 1.54) is 12.1 Å². The first-order valence-electron chi connectivity index (χ1n) is 8.12. The Morgan fingerprint density at radius 3 is 1.46 bits per heavy atom. The van der Waals surface area contributed by atoms with Crippen molar-refractivity contribution in [1.29, 1.82) is 0 Å². The largest absolute Gasteiger partial charge is 0.504 e. The Morgan fingerprint density at radius 1 is 0.708 bits per heavy atom. The van der Waals surface area contributed by atoms with E-state index in [1.54, 1.807) is 12.1 Å². The average Bonchev–Trinajstić information content (AvgIpc) is 2.53. The predicted octanol–water partition coefficient (Wildman–Crippen LogP) is 3.00. The highest BCUT2D eigenvalue weighted by Crippen LogP contribution is 2.26. The molecule has 0 spiro atoms. The standard InChI is InChI=1S/C19H25NO4/c1-13(2)20(9-7-14-3-5-16(21)18(23)11-14)10-8-15-4-6-17(22)19(24)12-15/h3-6,11-13,21-24H,7-10H2,1-2H3. The number of phenols is 4. The summed E-state index contributed by atoms with van der Waals surface area (Å²) in [5, 5.41) is 37.9. The van der Waals surface area contributed by atoms with Gasteiger partial charge in [0.1, 0.15) is 0 Å². The Hall–Kier alpha value is -2.40. The topological polar surface area (TPSA) is 84.2 Å². The second-order valence-corrected chi connectivity index (χ2v) is 6.28. The van der Waals surface area contributed by atoms with Gasteiger partial charge in [-0.05, 0) is 62.1 Å². The number of aromatic hydroxyl groups is 4. The van der Waals surface area contributed by atoms with Gasteiger partial charge in [0.15, 0.2) is 23.0 Å². The molecule has 130 valence electrons. The van der Waals surface area contributed by atoms with E-state index in [0.29, 0.717) is 6.04 Å². The molecule has 0 bridgehead atoms. The van der Waals surface area contributed by atoms with Crippen molar-refractivity contribution in [2.45, 2.75) is 32.7 Å². The van der Waals surface area contributed by atoms with E-state index in [-0.39, 0.29) is 23.0 Å². The van der Waals surface area contributed by atoms with E-state index in [4.69, 9.17) is 0 Å². The molecule has 0 unspecified atom stereocenters. The van der Waals surface area contributed by atoms with Crippen LogP contribution in [-0.2, 0) is 12.8 Å². The van der Waals surface area contributed by atoms with Gasteiger partial charge in [0, 0.05) is 19.1 Å². The third-order valence-corrected chi connectivity index (χ3v) is 4.19. The van der Waals surface area contributed by atoms with Crippen LogP contribution in [0.25, 0.3) is 0 Å². The van der Waals surface area contributed by atoms with E-state index in [9.17, 15) is 20.4 Å². The second-order valence-electron chi connectivity index (χ2n) is 6.28. The Morgan fingerprint density at radius 2 is 1.12 bits per heavy atom. The fourth-order valence-electron chi connectivity index (χ4n) is 2.62. The van der Waals surface area contributed by atoms with Gasteiger partial charge in [0.25, 0.3) is 0 Å². The Bertz CT molecular complexity index is 630. The van der Waals surface area contributed by atoms with Crippen molar-refractivity contribution in [2.24, 2.45) is 0 Å². The van der Waals surface area contributed by atoms with Gasteiger partial charge in [-0.3, -0.25) is 0 Å². The fraction of sp³-hybridized carbons (Fsp3) is 0.368. The minimum Gasteiger partial charge on any atom is -0.504 e. The molecule has 0 aliphatic heterocycles. The molecule has 0 heterocycles. The average molecular weight is 331 g/mol. The quantitative estimate of drug-likeness (QED) is 0.586. The molecule has 0 fully saturated rings. The number of nitrogens with zero attached hydrogens (tertiary/aromatic N) is 1. The molecule has 0 saturated heterocycles. The summed E-state index contributed by atoms with van der Waals surface area (Å²) in [7, 11) is 0. The predicted molar refractivity (Wildman–Crippen MR) is 93.7 cm³/mol. The minimum absolute atomic E-state index is 0.0943. The molecule has 0 aromatic heterocycles. The summed E-state index contributed by atoms with van der Waals surface area (Å²) in [5.41, 5.74) is 1.94. The molecule has 5 heteroatoms. The van der Waals surface area contributed by atoms with Crippen molar-refractivity contribution in [3.8, 4) is 23.0 Å². The SMILES string of the molecule is CC(C)N(CCc1ccc(O)c(O)c1)CCc1ccc(O)c(O)c1. The van der Waals surface area contributed by atoms with Gasteiger partial charge in [-0.25, -0.2) is 0 Å². The van der Waals surface area contributed by atoms with Crippen LogP contribution in [0.4, 0.5) is 0 Å². The van der Waals surface area contributed by atoms with E-state index in [2.05, 4.69) is 18.7 Å². The van der Waals surface area contributed by atoms with Crippen LogP contribution in [0.3, 0.4) is 0 Å². The lowest BCUT2D eigenvalue weighted by atomic mass is 10.1. The summed E-state index contributed by atoms with van der Waals surface area (Å²) in [5.74, 6) is -0.399. The van der Waals surface area contributed by atoms with Crippen LogP contribution in [0.5, 0.6) is 23.0 Å². The molecule has 2 aromatic carbocycles. The lowest BCUT2D eigenvalue weighted by molar-refractivity contribution is 0.227. The van der Waals surface area contributed by atoms with Crippen LogP contribution in [-0.4, -0.2) is 44.5 Å². The zero-order chi connectivity index (χ0) is 17.7. The van der Waals surface area contributed by atoms with Crippen LogP contribution >= 0.6 is 0 Å². The van der Waals surface area contributed by atoms with Gasteiger partial charge in [0.05, 0.1) is 0 Å². The van der Waals surface area contributed by atoms with Gasteiger partial charge in [0.2, 0.25) is 0 Å². The molecular formula is C19H25NO4. The van der Waals surface area contributed by atoms with E-state index in [0.717, 1.165) is 37.1 Å². The van der Waals surface area contributed by atoms with Crippen molar-refractivity contribution in [3.05, 3.63) is 47.5 Å². The van der Waals surface area contributed by atoms with Gasteiger partial charge >= 0.3 is 0 Å². The molecule has 0 aliphatic rings. The van der Waals surface area contributed by atoms with Crippen molar-refractivity contribution >= 4 is 0 Å². The zero-order valence-electron chi connectivity index (χ0n) is 14.1. The first-order valence-corrected chi connectivity index (χ1v) is 8.12. The van der Waals surface area contributed by atoms with Gasteiger partial charge in [-0.1, -0.05) is 12.1 Å². The molecule has 0 atom stereocenters. The highest BCUT2D eigenvalue weighted by Gasteiger charge is 2.11. The van der Waals surface area contributed by atoms with Crippen molar-refractivity contribution in [2.75, 3.05) is 13.1 Å². The molecule has 0 radical (unpaired) electrons. The Kier molecular flexibility index (Phi) is 5.93. The maximum Gasteiger partial charge on any atom is 0.157 e. The van der Waals surface area contributed by atoms with Gasteiger partial charge < -0.3 is 25.3 Å². The number of hydrogen-bond acceptors (Lipinski definition) is 5. The number of benzene rings is 2. The van der Waals surface area contributed by atoms with E-state index in [1.807, 2.05) is 12.1 Å². The van der Waals surface area contributed by atoms with E-state index < -0.39 is 0 Å². The normalized spacial score (nSPS) is 11.3. The Labute approximate surface area is 142 Å². The second kappa shape index (κ2) is 7.93. The fourth-order valence-corrected chi connectivity index (χ4v) is 2.62. The first-order chi connectivity index (χ1) is 11.4. The number of hydrogen-bond donors (Lipinski definition) is 4. The van der Waals surface area contributed by atoms with Crippen molar-refractivity contribution in [3.63, 3.8) is 0 Å². The molecule has 0 saturated carbocycles. The first kappa shape index (κ1) is 17.9. The molecule has 2 aromatic rings. The molecule has 0 amide bonds. The summed E-state index contributed by atoms with van der Waals surface area (Å²) in [4.78, 5) is 2.31. The summed E-state index contributed by atoms with van der Waals surface area (Å²) >= 11 is 0. The molecular weight excluding hydrogens is 306 g/mol. The Balaban J connectivity index is 1.93. The summed E-state index contributed by atoms with van der Waals surface area (Å²) in [6, 6.07) is 10.2. The smallest absolute Gasteiger partial charge is 0.157 e. The van der Waals surface area contributed by atoms with Gasteiger partial charge in [-0.2, -0.15) is 0 Å².